The SMILES string of the molecule is CCC[C@@H]1NC(=O)N(CN2CCC(Cc3ccccc3)CC2)C1=O. The zero-order valence-electron chi connectivity index (χ0n) is 14.4. The van der Waals surface area contributed by atoms with Crippen molar-refractivity contribution in [1.82, 2.24) is 15.1 Å². The molecule has 130 valence electrons. The highest BCUT2D eigenvalue weighted by Gasteiger charge is 2.38. The predicted octanol–water partition coefficient (Wildman–Crippen LogP) is 2.62. The molecular weight excluding hydrogens is 302 g/mol. The van der Waals surface area contributed by atoms with Gasteiger partial charge in [0.1, 0.15) is 6.04 Å². The van der Waals surface area contributed by atoms with E-state index >= 15 is 0 Å². The summed E-state index contributed by atoms with van der Waals surface area (Å²) in [6, 6.07) is 10.1. The van der Waals surface area contributed by atoms with Gasteiger partial charge in [0.15, 0.2) is 0 Å². The summed E-state index contributed by atoms with van der Waals surface area (Å²) < 4.78 is 0. The van der Waals surface area contributed by atoms with Gasteiger partial charge in [0.2, 0.25) is 0 Å². The highest BCUT2D eigenvalue weighted by Crippen LogP contribution is 2.22. The van der Waals surface area contributed by atoms with E-state index < -0.39 is 0 Å². The van der Waals surface area contributed by atoms with Crippen molar-refractivity contribution in [3.8, 4) is 0 Å². The van der Waals surface area contributed by atoms with E-state index in [0.29, 0.717) is 12.6 Å². The number of urea groups is 1. The van der Waals surface area contributed by atoms with Crippen LogP contribution in [0.15, 0.2) is 30.3 Å². The number of benzene rings is 1. The number of rotatable bonds is 6. The largest absolute Gasteiger partial charge is 0.326 e. The van der Waals surface area contributed by atoms with E-state index in [0.717, 1.165) is 45.2 Å². The lowest BCUT2D eigenvalue weighted by Crippen LogP contribution is -2.45. The summed E-state index contributed by atoms with van der Waals surface area (Å²) in [7, 11) is 0. The van der Waals surface area contributed by atoms with Crippen LogP contribution in [0.25, 0.3) is 0 Å². The Morgan fingerprint density at radius 1 is 1.12 bits per heavy atom. The zero-order chi connectivity index (χ0) is 16.9. The van der Waals surface area contributed by atoms with E-state index in [2.05, 4.69) is 40.5 Å². The Morgan fingerprint density at radius 3 is 2.50 bits per heavy atom. The maximum atomic E-state index is 12.3. The molecule has 2 aliphatic rings. The number of imide groups is 1. The quantitative estimate of drug-likeness (QED) is 0.816. The van der Waals surface area contributed by atoms with Crippen LogP contribution in [0.3, 0.4) is 0 Å². The number of carbonyl (C=O) groups excluding carboxylic acids is 2. The highest BCUT2D eigenvalue weighted by atomic mass is 16.2. The van der Waals surface area contributed by atoms with Gasteiger partial charge in [0.25, 0.3) is 5.91 Å². The first-order valence-electron chi connectivity index (χ1n) is 9.05. The molecule has 1 aromatic carbocycles. The molecule has 3 amide bonds. The standard InChI is InChI=1S/C19H27N3O2/c1-2-6-17-18(23)22(19(24)20-17)14-21-11-9-16(10-12-21)13-15-7-4-3-5-8-15/h3-5,7-8,16-17H,2,6,9-14H2,1H3,(H,20,24)/t17-/m0/s1. The van der Waals surface area contributed by atoms with Crippen molar-refractivity contribution in [1.29, 1.82) is 0 Å². The maximum Gasteiger partial charge on any atom is 0.325 e. The zero-order valence-corrected chi connectivity index (χ0v) is 14.4. The van der Waals surface area contributed by atoms with E-state index in [-0.39, 0.29) is 18.0 Å². The lowest BCUT2D eigenvalue weighted by atomic mass is 9.90. The van der Waals surface area contributed by atoms with Crippen LogP contribution in [0.5, 0.6) is 0 Å². The maximum absolute atomic E-state index is 12.3. The molecule has 2 fully saturated rings. The third-order valence-corrected chi connectivity index (χ3v) is 5.10. The van der Waals surface area contributed by atoms with Gasteiger partial charge in [-0.1, -0.05) is 43.7 Å². The Bertz CT molecular complexity index is 567. The minimum absolute atomic E-state index is 0.0618. The molecule has 0 unspecified atom stereocenters. The first-order valence-corrected chi connectivity index (χ1v) is 9.05. The molecule has 2 heterocycles. The van der Waals surface area contributed by atoms with Crippen molar-refractivity contribution in [2.24, 2.45) is 5.92 Å². The molecule has 1 N–H and O–H groups in total. The van der Waals surface area contributed by atoms with Crippen LogP contribution in [0, 0.1) is 5.92 Å². The smallest absolute Gasteiger partial charge is 0.325 e. The minimum Gasteiger partial charge on any atom is -0.326 e. The van der Waals surface area contributed by atoms with Crippen molar-refractivity contribution in [3.63, 3.8) is 0 Å². The average Bonchev–Trinajstić information content (AvgIpc) is 2.85. The molecule has 1 aromatic rings. The summed E-state index contributed by atoms with van der Waals surface area (Å²) in [5.41, 5.74) is 1.40. The number of piperidine rings is 1. The Morgan fingerprint density at radius 2 is 1.83 bits per heavy atom. The third kappa shape index (κ3) is 3.96. The van der Waals surface area contributed by atoms with Crippen molar-refractivity contribution < 1.29 is 9.59 Å². The molecule has 2 saturated heterocycles. The van der Waals surface area contributed by atoms with Crippen molar-refractivity contribution >= 4 is 11.9 Å². The van der Waals surface area contributed by atoms with Gasteiger partial charge < -0.3 is 5.32 Å². The van der Waals surface area contributed by atoms with Crippen molar-refractivity contribution in [2.45, 2.75) is 45.1 Å². The second kappa shape index (κ2) is 7.79. The fourth-order valence-electron chi connectivity index (χ4n) is 3.67. The summed E-state index contributed by atoms with van der Waals surface area (Å²) >= 11 is 0. The lowest BCUT2D eigenvalue weighted by molar-refractivity contribution is -0.129. The number of nitrogens with zero attached hydrogens (tertiary/aromatic N) is 2. The molecule has 2 aliphatic heterocycles. The molecule has 0 bridgehead atoms. The fourth-order valence-corrected chi connectivity index (χ4v) is 3.67. The average molecular weight is 329 g/mol. The Kier molecular flexibility index (Phi) is 5.51. The van der Waals surface area contributed by atoms with Crippen LogP contribution in [0.4, 0.5) is 4.79 Å². The topological polar surface area (TPSA) is 52.7 Å². The number of nitrogens with one attached hydrogen (secondary N) is 1. The minimum atomic E-state index is -0.321. The monoisotopic (exact) mass is 329 g/mol. The number of hydrogen-bond donors (Lipinski definition) is 1. The van der Waals surface area contributed by atoms with Gasteiger partial charge in [-0.2, -0.15) is 0 Å². The number of likely N-dealkylation sites (tertiary alicyclic amines) is 1. The Labute approximate surface area is 144 Å². The van der Waals surface area contributed by atoms with Crippen LogP contribution in [-0.2, 0) is 11.2 Å². The first kappa shape index (κ1) is 17.0. The molecule has 0 aliphatic carbocycles. The molecule has 0 aromatic heterocycles. The summed E-state index contributed by atoms with van der Waals surface area (Å²) in [6.45, 7) is 4.36. The van der Waals surface area contributed by atoms with E-state index in [9.17, 15) is 9.59 Å². The van der Waals surface area contributed by atoms with Gasteiger partial charge in [-0.3, -0.25) is 9.69 Å². The van der Waals surface area contributed by atoms with Gasteiger partial charge in [0.05, 0.1) is 6.67 Å². The molecule has 0 saturated carbocycles. The van der Waals surface area contributed by atoms with Gasteiger partial charge in [-0.15, -0.1) is 0 Å². The van der Waals surface area contributed by atoms with Crippen molar-refractivity contribution in [2.75, 3.05) is 19.8 Å². The number of carbonyl (C=O) groups is 2. The first-order chi connectivity index (χ1) is 11.7. The van der Waals surface area contributed by atoms with Gasteiger partial charge in [-0.25, -0.2) is 9.69 Å². The van der Waals surface area contributed by atoms with E-state index in [4.69, 9.17) is 0 Å². The molecule has 5 heteroatoms. The van der Waals surface area contributed by atoms with Crippen molar-refractivity contribution in [3.05, 3.63) is 35.9 Å². The second-order valence-corrected chi connectivity index (χ2v) is 6.95. The molecule has 24 heavy (non-hydrogen) atoms. The van der Waals surface area contributed by atoms with E-state index in [1.54, 1.807) is 0 Å². The number of hydrogen-bond acceptors (Lipinski definition) is 3. The summed E-state index contributed by atoms with van der Waals surface area (Å²) in [5.74, 6) is 0.632. The van der Waals surface area contributed by atoms with Crippen LogP contribution in [0.1, 0.15) is 38.2 Å². The molecule has 1 atom stereocenters. The van der Waals surface area contributed by atoms with Crippen LogP contribution in [0.2, 0.25) is 0 Å². The fraction of sp³-hybridized carbons (Fsp3) is 0.579. The molecule has 0 spiro atoms. The highest BCUT2D eigenvalue weighted by molar-refractivity contribution is 6.04. The number of amides is 3. The van der Waals surface area contributed by atoms with E-state index in [1.807, 2.05) is 6.92 Å². The van der Waals surface area contributed by atoms with Crippen LogP contribution < -0.4 is 5.32 Å². The van der Waals surface area contributed by atoms with Crippen LogP contribution >= 0.6 is 0 Å². The summed E-state index contributed by atoms with van der Waals surface area (Å²) in [4.78, 5) is 27.9. The lowest BCUT2D eigenvalue weighted by Gasteiger charge is -2.33. The molecule has 3 rings (SSSR count). The predicted molar refractivity (Wildman–Crippen MR) is 93.4 cm³/mol. The Balaban J connectivity index is 1.47. The summed E-state index contributed by atoms with van der Waals surface area (Å²) in [5, 5.41) is 2.80. The van der Waals surface area contributed by atoms with Crippen LogP contribution in [-0.4, -0.2) is 47.5 Å². The molecule has 5 nitrogen and oxygen atoms in total. The normalized spacial score (nSPS) is 22.9. The molecular formula is C19H27N3O2. The summed E-state index contributed by atoms with van der Waals surface area (Å²) in [6.07, 6.45) is 4.99. The molecule has 0 radical (unpaired) electrons. The second-order valence-electron chi connectivity index (χ2n) is 6.95. The van der Waals surface area contributed by atoms with Gasteiger partial charge in [-0.05, 0) is 37.2 Å². The van der Waals surface area contributed by atoms with E-state index in [1.165, 1.54) is 10.5 Å². The third-order valence-electron chi connectivity index (χ3n) is 5.10. The Hall–Kier alpha value is -1.88. The van der Waals surface area contributed by atoms with Gasteiger partial charge >= 0.3 is 6.03 Å². The van der Waals surface area contributed by atoms with Gasteiger partial charge in [0, 0.05) is 13.1 Å².